The largest absolute Gasteiger partial charge is 0.493 e. The summed E-state index contributed by atoms with van der Waals surface area (Å²) in [6.07, 6.45) is 1.09. The second-order valence-corrected chi connectivity index (χ2v) is 11.3. The van der Waals surface area contributed by atoms with Crippen LogP contribution >= 0.6 is 0 Å². The molecule has 0 unspecified atom stereocenters. The lowest BCUT2D eigenvalue weighted by Crippen LogP contribution is -2.32. The Hall–Kier alpha value is -4.83. The summed E-state index contributed by atoms with van der Waals surface area (Å²) in [6, 6.07) is 14.3. The normalized spacial score (nSPS) is 13.9. The molecular formula is C35H39N3O7. The smallest absolute Gasteiger partial charge is 0.224 e. The molecular weight excluding hydrogens is 574 g/mol. The Morgan fingerprint density at radius 2 is 1.73 bits per heavy atom. The molecule has 0 radical (unpaired) electrons. The lowest BCUT2D eigenvalue weighted by Gasteiger charge is -2.20. The van der Waals surface area contributed by atoms with E-state index in [4.69, 9.17) is 18.6 Å². The lowest BCUT2D eigenvalue weighted by molar-refractivity contribution is -0.121. The molecule has 2 amide bonds. The number of aryl methyl sites for hydroxylation is 1. The summed E-state index contributed by atoms with van der Waals surface area (Å²) in [5.41, 5.74) is 4.02. The van der Waals surface area contributed by atoms with E-state index in [0.29, 0.717) is 71.0 Å². The van der Waals surface area contributed by atoms with Crippen LogP contribution in [-0.4, -0.2) is 65.2 Å². The summed E-state index contributed by atoms with van der Waals surface area (Å²) in [5, 5.41) is 6.52. The molecule has 3 aromatic carbocycles. The molecule has 236 valence electrons. The molecule has 2 N–H and O–H groups in total. The number of likely N-dealkylation sites (N-methyl/N-ethyl adjacent to an activating group) is 1. The van der Waals surface area contributed by atoms with E-state index in [1.165, 1.54) is 13.0 Å². The molecule has 45 heavy (non-hydrogen) atoms. The van der Waals surface area contributed by atoms with Gasteiger partial charge in [0, 0.05) is 42.1 Å². The van der Waals surface area contributed by atoms with Gasteiger partial charge in [-0.3, -0.25) is 14.4 Å². The summed E-state index contributed by atoms with van der Waals surface area (Å²) in [7, 11) is 8.54. The van der Waals surface area contributed by atoms with Crippen molar-refractivity contribution in [2.24, 2.45) is 0 Å². The summed E-state index contributed by atoms with van der Waals surface area (Å²) < 4.78 is 23.7. The molecule has 10 heteroatoms. The first-order valence-corrected chi connectivity index (χ1v) is 14.9. The van der Waals surface area contributed by atoms with Crippen molar-refractivity contribution in [1.29, 1.82) is 0 Å². The summed E-state index contributed by atoms with van der Waals surface area (Å²) >= 11 is 0. The number of nitrogens with one attached hydrogen (secondary N) is 2. The number of rotatable bonds is 10. The number of amides is 2. The van der Waals surface area contributed by atoms with E-state index in [0.717, 1.165) is 16.7 Å². The topological polar surface area (TPSA) is 119 Å². The van der Waals surface area contributed by atoms with E-state index in [1.807, 2.05) is 61.5 Å². The number of carbonyl (C=O) groups excluding carboxylic acids is 2. The molecule has 5 rings (SSSR count). The van der Waals surface area contributed by atoms with E-state index in [9.17, 15) is 14.4 Å². The second kappa shape index (κ2) is 13.4. The quantitative estimate of drug-likeness (QED) is 0.269. The Labute approximate surface area is 262 Å². The van der Waals surface area contributed by atoms with Crippen molar-refractivity contribution >= 4 is 22.8 Å². The van der Waals surface area contributed by atoms with E-state index in [1.54, 1.807) is 21.3 Å². The van der Waals surface area contributed by atoms with Crippen LogP contribution in [0.3, 0.4) is 0 Å². The minimum atomic E-state index is -0.470. The van der Waals surface area contributed by atoms with Gasteiger partial charge in [0.25, 0.3) is 0 Å². The molecule has 4 aromatic rings. The van der Waals surface area contributed by atoms with Crippen molar-refractivity contribution in [2.45, 2.75) is 32.2 Å². The maximum atomic E-state index is 14.0. The molecule has 1 heterocycles. The van der Waals surface area contributed by atoms with Gasteiger partial charge in [-0.25, -0.2) is 0 Å². The summed E-state index contributed by atoms with van der Waals surface area (Å²) in [6.45, 7) is 2.61. The molecule has 0 fully saturated rings. The predicted octanol–water partition coefficient (Wildman–Crippen LogP) is 4.50. The summed E-state index contributed by atoms with van der Waals surface area (Å²) in [4.78, 5) is 41.7. The number of fused-ring (bicyclic) bond motifs is 4. The first kappa shape index (κ1) is 31.6. The minimum Gasteiger partial charge on any atom is -0.493 e. The number of hydrogen-bond acceptors (Lipinski definition) is 8. The van der Waals surface area contributed by atoms with Gasteiger partial charge < -0.3 is 34.2 Å². The standard InChI is InChI=1S/C35H39N3O7/c1-20(39)37-27-13-12-22-16-29(42-4)34(43-5)35(44-6)31(22)24-17-25-26(19-30(41)36-14-15-38(2)3)32(21-10-8-7-9-11-21)45-33(25)28(40)18-23(24)27/h7-11,16-18,27H,12-15,19H2,1-6H3,(H,36,41)(H,37,39)/t27-/m0/s1. The Kier molecular flexibility index (Phi) is 9.43. The van der Waals surface area contributed by atoms with Crippen LogP contribution in [0.1, 0.15) is 36.1 Å². The Morgan fingerprint density at radius 3 is 2.38 bits per heavy atom. The SMILES string of the molecule is COc1cc2c(c(OC)c1OC)-c1cc3c(CC(=O)NCCN(C)C)c(-c4ccccc4)oc3c(=O)cc1[C@@H](NC(C)=O)CC2. The van der Waals surface area contributed by atoms with Gasteiger partial charge in [0.1, 0.15) is 5.76 Å². The van der Waals surface area contributed by atoms with Gasteiger partial charge >= 0.3 is 0 Å². The molecule has 1 aromatic heterocycles. The fraction of sp³-hybridized carbons (Fsp3) is 0.343. The highest BCUT2D eigenvalue weighted by atomic mass is 16.5. The van der Waals surface area contributed by atoms with Crippen LogP contribution in [0.25, 0.3) is 33.4 Å². The highest BCUT2D eigenvalue weighted by Gasteiger charge is 2.31. The minimum absolute atomic E-state index is 0.00602. The Balaban J connectivity index is 1.85. The molecule has 0 bridgehead atoms. The lowest BCUT2D eigenvalue weighted by atomic mass is 9.94. The zero-order chi connectivity index (χ0) is 32.2. The molecule has 1 aliphatic rings. The third-order valence-electron chi connectivity index (χ3n) is 8.05. The van der Waals surface area contributed by atoms with Crippen molar-refractivity contribution in [3.8, 4) is 39.7 Å². The highest BCUT2D eigenvalue weighted by Crippen LogP contribution is 2.51. The van der Waals surface area contributed by atoms with Crippen molar-refractivity contribution in [2.75, 3.05) is 48.5 Å². The number of nitrogens with zero attached hydrogens (tertiary/aromatic N) is 1. The first-order valence-electron chi connectivity index (χ1n) is 14.9. The van der Waals surface area contributed by atoms with Crippen LogP contribution in [0.2, 0.25) is 0 Å². The molecule has 1 aliphatic carbocycles. The molecule has 0 saturated carbocycles. The van der Waals surface area contributed by atoms with Gasteiger partial charge in [-0.1, -0.05) is 30.3 Å². The maximum absolute atomic E-state index is 14.0. The van der Waals surface area contributed by atoms with E-state index in [-0.39, 0.29) is 29.2 Å². The highest BCUT2D eigenvalue weighted by molar-refractivity contribution is 5.96. The van der Waals surface area contributed by atoms with Gasteiger partial charge in [-0.15, -0.1) is 0 Å². The fourth-order valence-corrected chi connectivity index (χ4v) is 6.02. The molecule has 10 nitrogen and oxygen atoms in total. The Bertz CT molecular complexity index is 1800. The van der Waals surface area contributed by atoms with Gasteiger partial charge in [0.2, 0.25) is 23.0 Å². The van der Waals surface area contributed by atoms with Crippen LogP contribution in [0.5, 0.6) is 17.2 Å². The Morgan fingerprint density at radius 1 is 1.00 bits per heavy atom. The van der Waals surface area contributed by atoms with Gasteiger partial charge in [0.05, 0.1) is 33.8 Å². The van der Waals surface area contributed by atoms with Crippen LogP contribution in [0.4, 0.5) is 0 Å². The summed E-state index contributed by atoms with van der Waals surface area (Å²) in [5.74, 6) is 1.40. The number of methoxy groups -OCH3 is 3. The van der Waals surface area contributed by atoms with Crippen molar-refractivity contribution in [1.82, 2.24) is 15.5 Å². The van der Waals surface area contributed by atoms with Gasteiger partial charge in [0.15, 0.2) is 17.1 Å². The number of benzene rings is 2. The second-order valence-electron chi connectivity index (χ2n) is 11.3. The molecule has 0 aliphatic heterocycles. The third kappa shape index (κ3) is 6.37. The van der Waals surface area contributed by atoms with Crippen LogP contribution in [-0.2, 0) is 22.4 Å². The van der Waals surface area contributed by atoms with Crippen LogP contribution < -0.4 is 30.3 Å². The number of carbonyl (C=O) groups is 2. The van der Waals surface area contributed by atoms with E-state index in [2.05, 4.69) is 10.6 Å². The number of ether oxygens (including phenoxy) is 3. The van der Waals surface area contributed by atoms with Gasteiger partial charge in [-0.2, -0.15) is 0 Å². The third-order valence-corrected chi connectivity index (χ3v) is 8.05. The van der Waals surface area contributed by atoms with Crippen LogP contribution in [0.15, 0.2) is 57.7 Å². The van der Waals surface area contributed by atoms with Crippen LogP contribution in [0, 0.1) is 0 Å². The zero-order valence-corrected chi connectivity index (χ0v) is 26.5. The van der Waals surface area contributed by atoms with Gasteiger partial charge in [-0.05, 0) is 61.8 Å². The maximum Gasteiger partial charge on any atom is 0.224 e. The molecule has 0 spiro atoms. The van der Waals surface area contributed by atoms with Crippen molar-refractivity contribution < 1.29 is 28.2 Å². The molecule has 1 atom stereocenters. The van der Waals surface area contributed by atoms with Crippen molar-refractivity contribution in [3.05, 3.63) is 75.4 Å². The average Bonchev–Trinajstić information content (AvgIpc) is 3.21. The first-order chi connectivity index (χ1) is 21.7. The molecule has 0 saturated heterocycles. The zero-order valence-electron chi connectivity index (χ0n) is 26.5. The predicted molar refractivity (Wildman–Crippen MR) is 173 cm³/mol. The van der Waals surface area contributed by atoms with E-state index >= 15 is 0 Å². The number of hydrogen-bond donors (Lipinski definition) is 2. The monoisotopic (exact) mass is 613 g/mol. The fourth-order valence-electron chi connectivity index (χ4n) is 6.02. The average molecular weight is 614 g/mol. The van der Waals surface area contributed by atoms with Crippen molar-refractivity contribution in [3.63, 3.8) is 0 Å². The number of furan rings is 1. The van der Waals surface area contributed by atoms with E-state index < -0.39 is 6.04 Å².